The van der Waals surface area contributed by atoms with Crippen molar-refractivity contribution in [3.05, 3.63) is 52.4 Å². The van der Waals surface area contributed by atoms with Crippen LogP contribution in [0.4, 0.5) is 13.2 Å². The van der Waals surface area contributed by atoms with Crippen molar-refractivity contribution in [1.29, 1.82) is 0 Å². The van der Waals surface area contributed by atoms with Gasteiger partial charge in [-0.25, -0.2) is 0 Å². The SMILES string of the molecule is Cc1noc(C)c1CN(C1CC1)[C@H](C)c1cccc(C(F)(F)F)c1. The molecule has 1 aromatic carbocycles. The molecule has 3 nitrogen and oxygen atoms in total. The summed E-state index contributed by atoms with van der Waals surface area (Å²) in [5, 5.41) is 3.98. The summed E-state index contributed by atoms with van der Waals surface area (Å²) in [6.45, 7) is 6.37. The summed E-state index contributed by atoms with van der Waals surface area (Å²) in [4.78, 5) is 2.25. The molecule has 0 spiro atoms. The smallest absolute Gasteiger partial charge is 0.361 e. The highest BCUT2D eigenvalue weighted by Gasteiger charge is 2.35. The Labute approximate surface area is 139 Å². The first-order valence-electron chi connectivity index (χ1n) is 8.12. The maximum atomic E-state index is 13.0. The minimum absolute atomic E-state index is 0.103. The third-order valence-corrected chi connectivity index (χ3v) is 4.73. The maximum Gasteiger partial charge on any atom is 0.416 e. The number of rotatable bonds is 5. The third kappa shape index (κ3) is 3.48. The fourth-order valence-corrected chi connectivity index (χ4v) is 3.06. The second-order valence-corrected chi connectivity index (χ2v) is 6.51. The number of benzene rings is 1. The van der Waals surface area contributed by atoms with Gasteiger partial charge in [-0.2, -0.15) is 13.2 Å². The first-order chi connectivity index (χ1) is 11.3. The van der Waals surface area contributed by atoms with E-state index >= 15 is 0 Å². The Balaban J connectivity index is 1.87. The number of aryl methyl sites for hydroxylation is 2. The van der Waals surface area contributed by atoms with Crippen molar-refractivity contribution in [3.63, 3.8) is 0 Å². The van der Waals surface area contributed by atoms with E-state index in [0.717, 1.165) is 35.9 Å². The van der Waals surface area contributed by atoms with E-state index in [-0.39, 0.29) is 6.04 Å². The van der Waals surface area contributed by atoms with Gasteiger partial charge in [0.15, 0.2) is 0 Å². The van der Waals surface area contributed by atoms with Gasteiger partial charge in [-0.3, -0.25) is 4.90 Å². The summed E-state index contributed by atoms with van der Waals surface area (Å²) in [5.74, 6) is 0.773. The van der Waals surface area contributed by atoms with Gasteiger partial charge >= 0.3 is 6.18 Å². The molecule has 1 heterocycles. The van der Waals surface area contributed by atoms with Gasteiger partial charge in [-0.1, -0.05) is 17.3 Å². The lowest BCUT2D eigenvalue weighted by Crippen LogP contribution is -2.29. The van der Waals surface area contributed by atoms with Crippen LogP contribution in [0.1, 0.15) is 54.0 Å². The summed E-state index contributed by atoms with van der Waals surface area (Å²) in [6, 6.07) is 5.93. The standard InChI is InChI=1S/C18H21F3N2O/c1-11-17(13(3)24-22-11)10-23(16-7-8-16)12(2)14-5-4-6-15(9-14)18(19,20)21/h4-6,9,12,16H,7-8,10H2,1-3H3/t12-/m1/s1. The molecular formula is C18H21F3N2O. The maximum absolute atomic E-state index is 13.0. The molecule has 0 saturated heterocycles. The number of hydrogen-bond acceptors (Lipinski definition) is 3. The molecule has 0 bridgehead atoms. The van der Waals surface area contributed by atoms with E-state index in [2.05, 4.69) is 10.1 Å². The van der Waals surface area contributed by atoms with Crippen molar-refractivity contribution in [2.75, 3.05) is 0 Å². The summed E-state index contributed by atoms with van der Waals surface area (Å²) in [7, 11) is 0. The van der Waals surface area contributed by atoms with Crippen molar-refractivity contribution >= 4 is 0 Å². The minimum atomic E-state index is -4.32. The molecule has 0 aliphatic heterocycles. The summed E-state index contributed by atoms with van der Waals surface area (Å²) >= 11 is 0. The highest BCUT2D eigenvalue weighted by molar-refractivity contribution is 5.29. The Kier molecular flexibility index (Phi) is 4.42. The Bertz CT molecular complexity index is 700. The van der Waals surface area contributed by atoms with Crippen LogP contribution >= 0.6 is 0 Å². The lowest BCUT2D eigenvalue weighted by atomic mass is 10.0. The topological polar surface area (TPSA) is 29.3 Å². The molecule has 1 aliphatic rings. The predicted molar refractivity (Wildman–Crippen MR) is 84.4 cm³/mol. The molecule has 6 heteroatoms. The van der Waals surface area contributed by atoms with E-state index in [1.165, 1.54) is 12.1 Å². The third-order valence-electron chi connectivity index (χ3n) is 4.73. The van der Waals surface area contributed by atoms with Gasteiger partial charge in [-0.15, -0.1) is 0 Å². The molecule has 2 aromatic rings. The van der Waals surface area contributed by atoms with Gasteiger partial charge in [-0.05, 0) is 51.3 Å². The highest BCUT2D eigenvalue weighted by atomic mass is 19.4. The largest absolute Gasteiger partial charge is 0.416 e. The molecule has 0 amide bonds. The van der Waals surface area contributed by atoms with E-state index in [4.69, 9.17) is 4.52 Å². The Hall–Kier alpha value is -1.82. The Morgan fingerprint density at radius 2 is 2.00 bits per heavy atom. The van der Waals surface area contributed by atoms with Crippen molar-refractivity contribution in [1.82, 2.24) is 10.1 Å². The molecule has 3 rings (SSSR count). The monoisotopic (exact) mass is 338 g/mol. The number of nitrogens with zero attached hydrogens (tertiary/aromatic N) is 2. The molecule has 130 valence electrons. The fourth-order valence-electron chi connectivity index (χ4n) is 3.06. The van der Waals surface area contributed by atoms with E-state index < -0.39 is 11.7 Å². The zero-order valence-electron chi connectivity index (χ0n) is 14.0. The van der Waals surface area contributed by atoms with Crippen molar-refractivity contribution in [3.8, 4) is 0 Å². The van der Waals surface area contributed by atoms with Crippen LogP contribution in [0.15, 0.2) is 28.8 Å². The van der Waals surface area contributed by atoms with Crippen molar-refractivity contribution in [2.45, 2.75) is 58.4 Å². The van der Waals surface area contributed by atoms with Crippen LogP contribution in [0, 0.1) is 13.8 Å². The fraction of sp³-hybridized carbons (Fsp3) is 0.500. The van der Waals surface area contributed by atoms with E-state index in [0.29, 0.717) is 18.2 Å². The van der Waals surface area contributed by atoms with Gasteiger partial charge in [0.2, 0.25) is 0 Å². The summed E-state index contributed by atoms with van der Waals surface area (Å²) in [6.07, 6.45) is -2.17. The van der Waals surface area contributed by atoms with Gasteiger partial charge in [0.05, 0.1) is 11.3 Å². The Morgan fingerprint density at radius 3 is 2.54 bits per heavy atom. The lowest BCUT2D eigenvalue weighted by Gasteiger charge is -2.30. The van der Waals surface area contributed by atoms with Crippen LogP contribution in [0.25, 0.3) is 0 Å². The molecule has 1 saturated carbocycles. The molecular weight excluding hydrogens is 317 g/mol. The molecule has 1 fully saturated rings. The molecule has 0 radical (unpaired) electrons. The normalized spacial score (nSPS) is 16.6. The molecule has 1 aromatic heterocycles. The van der Waals surface area contributed by atoms with Crippen LogP contribution in [0.5, 0.6) is 0 Å². The number of halogens is 3. The van der Waals surface area contributed by atoms with E-state index in [9.17, 15) is 13.2 Å². The number of aromatic nitrogens is 1. The van der Waals surface area contributed by atoms with Gasteiger partial charge in [0, 0.05) is 24.2 Å². The van der Waals surface area contributed by atoms with Crippen LogP contribution < -0.4 is 0 Å². The van der Waals surface area contributed by atoms with E-state index in [1.54, 1.807) is 6.07 Å². The molecule has 0 N–H and O–H groups in total. The lowest BCUT2D eigenvalue weighted by molar-refractivity contribution is -0.137. The first kappa shape index (κ1) is 17.0. The molecule has 1 aliphatic carbocycles. The quantitative estimate of drug-likeness (QED) is 0.765. The van der Waals surface area contributed by atoms with Crippen LogP contribution in [-0.4, -0.2) is 16.1 Å². The van der Waals surface area contributed by atoms with Crippen LogP contribution in [0.3, 0.4) is 0 Å². The minimum Gasteiger partial charge on any atom is -0.361 e. The van der Waals surface area contributed by atoms with Crippen molar-refractivity contribution in [2.24, 2.45) is 0 Å². The second kappa shape index (κ2) is 6.24. The van der Waals surface area contributed by atoms with E-state index in [1.807, 2.05) is 20.8 Å². The average molecular weight is 338 g/mol. The number of alkyl halides is 3. The summed E-state index contributed by atoms with van der Waals surface area (Å²) < 4.78 is 44.2. The van der Waals surface area contributed by atoms with Gasteiger partial charge in [0.25, 0.3) is 0 Å². The highest BCUT2D eigenvalue weighted by Crippen LogP contribution is 2.38. The first-order valence-corrected chi connectivity index (χ1v) is 8.12. The van der Waals surface area contributed by atoms with Crippen molar-refractivity contribution < 1.29 is 17.7 Å². The zero-order chi connectivity index (χ0) is 17.5. The van der Waals surface area contributed by atoms with Crippen LogP contribution in [0.2, 0.25) is 0 Å². The average Bonchev–Trinajstić information content (AvgIpc) is 3.32. The van der Waals surface area contributed by atoms with Crippen LogP contribution in [-0.2, 0) is 12.7 Å². The number of hydrogen-bond donors (Lipinski definition) is 0. The predicted octanol–water partition coefficient (Wildman–Crippen LogP) is 5.04. The Morgan fingerprint density at radius 1 is 1.29 bits per heavy atom. The zero-order valence-corrected chi connectivity index (χ0v) is 14.0. The summed E-state index contributed by atoms with van der Waals surface area (Å²) in [5.41, 5.74) is 1.96. The molecule has 0 unspecified atom stereocenters. The molecule has 1 atom stereocenters. The van der Waals surface area contributed by atoms with Gasteiger partial charge < -0.3 is 4.52 Å². The second-order valence-electron chi connectivity index (χ2n) is 6.51. The molecule has 24 heavy (non-hydrogen) atoms. The van der Waals surface area contributed by atoms with Gasteiger partial charge in [0.1, 0.15) is 5.76 Å².